The van der Waals surface area contributed by atoms with Gasteiger partial charge >= 0.3 is 5.97 Å². The number of hydrogen-bond acceptors (Lipinski definition) is 2. The van der Waals surface area contributed by atoms with Crippen LogP contribution in [0.3, 0.4) is 0 Å². The maximum atomic E-state index is 10.4. The van der Waals surface area contributed by atoms with Gasteiger partial charge in [0, 0.05) is 0 Å². The fourth-order valence-electron chi connectivity index (χ4n) is 1.48. The maximum absolute atomic E-state index is 10.4. The molecule has 0 saturated heterocycles. The van der Waals surface area contributed by atoms with E-state index in [1.807, 2.05) is 12.1 Å². The molecule has 3 nitrogen and oxygen atoms in total. The number of aryl methyl sites for hydroxylation is 2. The van der Waals surface area contributed by atoms with Crippen LogP contribution in [0, 0.1) is 0 Å². The van der Waals surface area contributed by atoms with Crippen LogP contribution in [0.25, 0.3) is 0 Å². The van der Waals surface area contributed by atoms with Gasteiger partial charge in [-0.25, -0.2) is 0 Å². The molecule has 0 radical (unpaired) electrons. The topological polar surface area (TPSA) is 46.5 Å². The SMILES string of the molecule is CCc1cc(CC)cc(OCCC(=O)O)c1. The summed E-state index contributed by atoms with van der Waals surface area (Å²) in [6.07, 6.45) is 1.96. The minimum Gasteiger partial charge on any atom is -0.493 e. The molecule has 0 spiro atoms. The van der Waals surface area contributed by atoms with Crippen molar-refractivity contribution < 1.29 is 14.6 Å². The first-order valence-corrected chi connectivity index (χ1v) is 5.63. The van der Waals surface area contributed by atoms with Gasteiger partial charge in [0.2, 0.25) is 0 Å². The molecule has 1 rings (SSSR count). The van der Waals surface area contributed by atoms with Crippen LogP contribution < -0.4 is 4.74 Å². The Bertz CT molecular complexity index is 336. The Balaban J connectivity index is 2.67. The lowest BCUT2D eigenvalue weighted by Gasteiger charge is -2.08. The van der Waals surface area contributed by atoms with Gasteiger partial charge in [-0.2, -0.15) is 0 Å². The predicted molar refractivity (Wildman–Crippen MR) is 62.9 cm³/mol. The molecule has 0 aliphatic heterocycles. The monoisotopic (exact) mass is 222 g/mol. The first kappa shape index (κ1) is 12.6. The number of carboxylic acid groups (broad SMARTS) is 1. The summed E-state index contributed by atoms with van der Waals surface area (Å²) >= 11 is 0. The normalized spacial score (nSPS) is 10.1. The molecule has 0 amide bonds. The summed E-state index contributed by atoms with van der Waals surface area (Å²) in [5.41, 5.74) is 2.45. The molecule has 16 heavy (non-hydrogen) atoms. The standard InChI is InChI=1S/C13H18O3/c1-3-10-7-11(4-2)9-12(8-10)16-6-5-13(14)15/h7-9H,3-6H2,1-2H3,(H,14,15). The van der Waals surface area contributed by atoms with Crippen molar-refractivity contribution in [3.05, 3.63) is 29.3 Å². The number of benzene rings is 1. The second kappa shape index (κ2) is 6.16. The molecule has 0 atom stereocenters. The number of ether oxygens (including phenoxy) is 1. The van der Waals surface area contributed by atoms with Crippen molar-refractivity contribution in [2.75, 3.05) is 6.61 Å². The highest BCUT2D eigenvalue weighted by atomic mass is 16.5. The molecule has 0 saturated carbocycles. The molecule has 1 aromatic carbocycles. The van der Waals surface area contributed by atoms with Gasteiger partial charge in [-0.1, -0.05) is 19.9 Å². The lowest BCUT2D eigenvalue weighted by Crippen LogP contribution is -2.05. The molecule has 1 aromatic rings. The minimum atomic E-state index is -0.831. The quantitative estimate of drug-likeness (QED) is 0.804. The van der Waals surface area contributed by atoms with E-state index in [2.05, 4.69) is 19.9 Å². The summed E-state index contributed by atoms with van der Waals surface area (Å²) in [6, 6.07) is 6.10. The smallest absolute Gasteiger partial charge is 0.306 e. The van der Waals surface area contributed by atoms with Crippen LogP contribution in [0.1, 0.15) is 31.4 Å². The van der Waals surface area contributed by atoms with Gasteiger partial charge in [0.25, 0.3) is 0 Å². The zero-order valence-electron chi connectivity index (χ0n) is 9.82. The Morgan fingerprint density at radius 3 is 2.19 bits per heavy atom. The van der Waals surface area contributed by atoms with Crippen LogP contribution in [0.15, 0.2) is 18.2 Å². The van der Waals surface area contributed by atoms with Gasteiger partial charge in [0.05, 0.1) is 13.0 Å². The molecule has 0 aliphatic carbocycles. The largest absolute Gasteiger partial charge is 0.493 e. The van der Waals surface area contributed by atoms with Crippen molar-refractivity contribution in [3.8, 4) is 5.75 Å². The summed E-state index contributed by atoms with van der Waals surface area (Å²) in [7, 11) is 0. The lowest BCUT2D eigenvalue weighted by molar-refractivity contribution is -0.137. The predicted octanol–water partition coefficient (Wildman–Crippen LogP) is 2.66. The van der Waals surface area contributed by atoms with Crippen LogP contribution in [0.2, 0.25) is 0 Å². The maximum Gasteiger partial charge on any atom is 0.306 e. The first-order valence-electron chi connectivity index (χ1n) is 5.63. The van der Waals surface area contributed by atoms with E-state index in [1.54, 1.807) is 0 Å². The Morgan fingerprint density at radius 1 is 1.19 bits per heavy atom. The zero-order valence-corrected chi connectivity index (χ0v) is 9.82. The van der Waals surface area contributed by atoms with E-state index in [1.165, 1.54) is 11.1 Å². The summed E-state index contributed by atoms with van der Waals surface area (Å²) in [5, 5.41) is 8.51. The molecule has 0 aromatic heterocycles. The third kappa shape index (κ3) is 3.93. The van der Waals surface area contributed by atoms with Crippen molar-refractivity contribution in [2.24, 2.45) is 0 Å². The van der Waals surface area contributed by atoms with Crippen molar-refractivity contribution in [1.29, 1.82) is 0 Å². The third-order valence-corrected chi connectivity index (χ3v) is 2.43. The molecular weight excluding hydrogens is 204 g/mol. The molecule has 3 heteroatoms. The van der Waals surface area contributed by atoms with E-state index >= 15 is 0 Å². The fraction of sp³-hybridized carbons (Fsp3) is 0.462. The van der Waals surface area contributed by atoms with Crippen molar-refractivity contribution >= 4 is 5.97 Å². The van der Waals surface area contributed by atoms with Gasteiger partial charge in [-0.15, -0.1) is 0 Å². The third-order valence-electron chi connectivity index (χ3n) is 2.43. The summed E-state index contributed by atoms with van der Waals surface area (Å²) in [5.74, 6) is -0.0557. The van der Waals surface area contributed by atoms with Gasteiger partial charge in [-0.05, 0) is 36.1 Å². The van der Waals surface area contributed by atoms with Gasteiger partial charge < -0.3 is 9.84 Å². The number of carbonyl (C=O) groups is 1. The van der Waals surface area contributed by atoms with E-state index in [-0.39, 0.29) is 13.0 Å². The van der Waals surface area contributed by atoms with Crippen molar-refractivity contribution in [2.45, 2.75) is 33.1 Å². The van der Waals surface area contributed by atoms with Gasteiger partial charge in [0.15, 0.2) is 0 Å². The zero-order chi connectivity index (χ0) is 12.0. The lowest BCUT2D eigenvalue weighted by atomic mass is 10.1. The number of rotatable bonds is 6. The molecule has 1 N–H and O–H groups in total. The van der Waals surface area contributed by atoms with Crippen LogP contribution in [0.5, 0.6) is 5.75 Å². The second-order valence-corrected chi connectivity index (χ2v) is 3.68. The summed E-state index contributed by atoms with van der Waals surface area (Å²) in [4.78, 5) is 10.4. The summed E-state index contributed by atoms with van der Waals surface area (Å²) in [6.45, 7) is 4.41. The number of carboxylic acids is 1. The highest BCUT2D eigenvalue weighted by molar-refractivity contribution is 5.66. The highest BCUT2D eigenvalue weighted by Crippen LogP contribution is 2.18. The Kier molecular flexibility index (Phi) is 4.83. The number of aliphatic carboxylic acids is 1. The molecule has 88 valence electrons. The van der Waals surface area contributed by atoms with Crippen LogP contribution in [-0.4, -0.2) is 17.7 Å². The first-order chi connectivity index (χ1) is 7.65. The average molecular weight is 222 g/mol. The van der Waals surface area contributed by atoms with Crippen molar-refractivity contribution in [1.82, 2.24) is 0 Å². The van der Waals surface area contributed by atoms with E-state index < -0.39 is 5.97 Å². The van der Waals surface area contributed by atoms with E-state index in [9.17, 15) is 4.79 Å². The Labute approximate surface area is 96.1 Å². The van der Waals surface area contributed by atoms with Crippen LogP contribution in [0.4, 0.5) is 0 Å². The van der Waals surface area contributed by atoms with Crippen molar-refractivity contribution in [3.63, 3.8) is 0 Å². The molecular formula is C13H18O3. The second-order valence-electron chi connectivity index (χ2n) is 3.68. The van der Waals surface area contributed by atoms with E-state index in [0.29, 0.717) is 0 Å². The molecule has 0 fully saturated rings. The molecule has 0 unspecified atom stereocenters. The Hall–Kier alpha value is -1.51. The van der Waals surface area contributed by atoms with Gasteiger partial charge in [0.1, 0.15) is 5.75 Å². The number of hydrogen-bond donors (Lipinski definition) is 1. The molecule has 0 aliphatic rings. The average Bonchev–Trinajstić information content (AvgIpc) is 2.28. The van der Waals surface area contributed by atoms with Crippen LogP contribution in [-0.2, 0) is 17.6 Å². The highest BCUT2D eigenvalue weighted by Gasteiger charge is 2.02. The van der Waals surface area contributed by atoms with Gasteiger partial charge in [-0.3, -0.25) is 4.79 Å². The molecule has 0 heterocycles. The van der Waals surface area contributed by atoms with E-state index in [4.69, 9.17) is 9.84 Å². The molecule has 0 bridgehead atoms. The minimum absolute atomic E-state index is 0.0395. The fourth-order valence-corrected chi connectivity index (χ4v) is 1.48. The van der Waals surface area contributed by atoms with Crippen LogP contribution >= 0.6 is 0 Å². The Morgan fingerprint density at radius 2 is 1.75 bits per heavy atom. The summed E-state index contributed by atoms with van der Waals surface area (Å²) < 4.78 is 5.42. The van der Waals surface area contributed by atoms with E-state index in [0.717, 1.165) is 18.6 Å².